The lowest BCUT2D eigenvalue weighted by atomic mass is 10.2. The average molecular weight is 368 g/mol. The van der Waals surface area contributed by atoms with Crippen molar-refractivity contribution in [2.24, 2.45) is 4.99 Å². The Morgan fingerprint density at radius 2 is 2.00 bits per heavy atom. The van der Waals surface area contributed by atoms with E-state index in [-0.39, 0.29) is 0 Å². The predicted octanol–water partition coefficient (Wildman–Crippen LogP) is 3.56. The van der Waals surface area contributed by atoms with Gasteiger partial charge in [0.25, 0.3) is 0 Å². The lowest BCUT2D eigenvalue weighted by Crippen LogP contribution is -2.36. The zero-order valence-corrected chi connectivity index (χ0v) is 16.1. The monoisotopic (exact) mass is 367 g/mol. The molecule has 0 saturated heterocycles. The van der Waals surface area contributed by atoms with E-state index in [4.69, 9.17) is 4.99 Å². The van der Waals surface area contributed by atoms with E-state index in [1.54, 1.807) is 11.3 Å². The minimum absolute atomic E-state index is 0.540. The van der Waals surface area contributed by atoms with Gasteiger partial charge in [0.2, 0.25) is 0 Å². The van der Waals surface area contributed by atoms with Gasteiger partial charge in [0.05, 0.1) is 6.54 Å². The van der Waals surface area contributed by atoms with Crippen molar-refractivity contribution >= 4 is 17.3 Å². The first-order valence-corrected chi connectivity index (χ1v) is 9.67. The van der Waals surface area contributed by atoms with Gasteiger partial charge in [0, 0.05) is 35.2 Å². The van der Waals surface area contributed by atoms with E-state index < -0.39 is 0 Å². The molecule has 0 atom stereocenters. The molecule has 0 bridgehead atoms. The molecule has 0 amide bonds. The van der Waals surface area contributed by atoms with Crippen molar-refractivity contribution < 1.29 is 0 Å². The van der Waals surface area contributed by atoms with Crippen molar-refractivity contribution in [1.29, 1.82) is 0 Å². The van der Waals surface area contributed by atoms with Crippen LogP contribution >= 0.6 is 11.3 Å². The second kappa shape index (κ2) is 9.20. The lowest BCUT2D eigenvalue weighted by Gasteiger charge is -2.11. The van der Waals surface area contributed by atoms with E-state index in [1.807, 2.05) is 18.5 Å². The first-order chi connectivity index (χ1) is 12.7. The number of aryl methyl sites for hydroxylation is 1. The van der Waals surface area contributed by atoms with Crippen molar-refractivity contribution in [2.75, 3.05) is 6.54 Å². The molecular formula is C20H25N5S. The molecule has 2 heterocycles. The summed E-state index contributed by atoms with van der Waals surface area (Å²) in [6, 6.07) is 14.7. The first-order valence-electron chi connectivity index (χ1n) is 8.86. The van der Waals surface area contributed by atoms with Crippen molar-refractivity contribution in [1.82, 2.24) is 20.2 Å². The van der Waals surface area contributed by atoms with Crippen LogP contribution < -0.4 is 10.6 Å². The van der Waals surface area contributed by atoms with Crippen LogP contribution in [0.15, 0.2) is 59.9 Å². The Morgan fingerprint density at radius 3 is 2.73 bits per heavy atom. The molecule has 0 spiro atoms. The molecule has 26 heavy (non-hydrogen) atoms. The first kappa shape index (κ1) is 18.2. The highest BCUT2D eigenvalue weighted by atomic mass is 32.1. The van der Waals surface area contributed by atoms with E-state index in [2.05, 4.69) is 70.4 Å². The molecule has 6 heteroatoms. The number of nitrogens with one attached hydrogen (secondary N) is 2. The van der Waals surface area contributed by atoms with Crippen molar-refractivity contribution in [3.8, 4) is 0 Å². The third kappa shape index (κ3) is 5.20. The molecule has 2 aromatic heterocycles. The smallest absolute Gasteiger partial charge is 0.191 e. The maximum Gasteiger partial charge on any atom is 0.191 e. The molecule has 5 nitrogen and oxygen atoms in total. The molecule has 0 radical (unpaired) electrons. The Balaban J connectivity index is 1.63. The maximum atomic E-state index is 4.70. The fourth-order valence-corrected chi connectivity index (χ4v) is 3.49. The van der Waals surface area contributed by atoms with Gasteiger partial charge in [-0.1, -0.05) is 30.3 Å². The summed E-state index contributed by atoms with van der Waals surface area (Å²) >= 11 is 1.81. The molecule has 0 aliphatic heterocycles. The summed E-state index contributed by atoms with van der Waals surface area (Å²) < 4.78 is 2.14. The highest BCUT2D eigenvalue weighted by Gasteiger charge is 2.05. The second-order valence-corrected chi connectivity index (χ2v) is 7.39. The fraction of sp³-hybridized carbons (Fsp3) is 0.300. The van der Waals surface area contributed by atoms with Crippen LogP contribution in [-0.2, 0) is 19.6 Å². The molecule has 0 unspecified atom stereocenters. The summed E-state index contributed by atoms with van der Waals surface area (Å²) in [5, 5.41) is 6.69. The van der Waals surface area contributed by atoms with Crippen LogP contribution in [0.1, 0.15) is 28.1 Å². The van der Waals surface area contributed by atoms with Gasteiger partial charge >= 0.3 is 0 Å². The van der Waals surface area contributed by atoms with Crippen LogP contribution in [0.2, 0.25) is 0 Å². The van der Waals surface area contributed by atoms with Gasteiger partial charge in [-0.15, -0.1) is 11.3 Å². The van der Waals surface area contributed by atoms with E-state index in [9.17, 15) is 0 Å². The quantitative estimate of drug-likeness (QED) is 0.496. The zero-order chi connectivity index (χ0) is 18.2. The normalized spacial score (nSPS) is 11.5. The van der Waals surface area contributed by atoms with Gasteiger partial charge in [-0.25, -0.2) is 9.98 Å². The molecule has 0 fully saturated rings. The molecule has 1 aromatic carbocycles. The van der Waals surface area contributed by atoms with Crippen LogP contribution in [0.5, 0.6) is 0 Å². The number of benzene rings is 1. The van der Waals surface area contributed by atoms with E-state index in [0.29, 0.717) is 6.54 Å². The zero-order valence-electron chi connectivity index (χ0n) is 15.3. The highest BCUT2D eigenvalue weighted by Crippen LogP contribution is 2.14. The van der Waals surface area contributed by atoms with E-state index in [0.717, 1.165) is 31.4 Å². The second-order valence-electron chi connectivity index (χ2n) is 6.02. The van der Waals surface area contributed by atoms with Crippen LogP contribution in [0.3, 0.4) is 0 Å². The number of aromatic nitrogens is 2. The Hall–Kier alpha value is -2.60. The summed E-state index contributed by atoms with van der Waals surface area (Å²) in [7, 11) is 0. The summed E-state index contributed by atoms with van der Waals surface area (Å²) in [6.07, 6.45) is 3.84. The van der Waals surface area contributed by atoms with Gasteiger partial charge in [-0.05, 0) is 31.5 Å². The lowest BCUT2D eigenvalue weighted by molar-refractivity contribution is 0.717. The summed E-state index contributed by atoms with van der Waals surface area (Å²) in [5.41, 5.74) is 1.26. The third-order valence-corrected chi connectivity index (χ3v) is 4.95. The Morgan fingerprint density at radius 1 is 1.15 bits per heavy atom. The Labute approximate surface area is 158 Å². The highest BCUT2D eigenvalue weighted by molar-refractivity contribution is 7.11. The van der Waals surface area contributed by atoms with Gasteiger partial charge in [0.15, 0.2) is 5.96 Å². The van der Waals surface area contributed by atoms with Crippen LogP contribution in [0, 0.1) is 6.92 Å². The molecule has 0 aliphatic carbocycles. The van der Waals surface area contributed by atoms with E-state index in [1.165, 1.54) is 15.3 Å². The van der Waals surface area contributed by atoms with E-state index >= 15 is 0 Å². The van der Waals surface area contributed by atoms with Gasteiger partial charge in [-0.3, -0.25) is 0 Å². The fourth-order valence-electron chi connectivity index (χ4n) is 2.66. The summed E-state index contributed by atoms with van der Waals surface area (Å²) in [6.45, 7) is 7.15. The number of guanidine groups is 1. The summed E-state index contributed by atoms with van der Waals surface area (Å²) in [5.74, 6) is 1.77. The molecule has 0 saturated carbocycles. The minimum atomic E-state index is 0.540. The van der Waals surface area contributed by atoms with Crippen LogP contribution in [0.4, 0.5) is 0 Å². The number of hydrogen-bond donors (Lipinski definition) is 2. The van der Waals surface area contributed by atoms with Gasteiger partial charge in [0.1, 0.15) is 12.4 Å². The number of imidazole rings is 1. The summed E-state index contributed by atoms with van der Waals surface area (Å²) in [4.78, 5) is 11.8. The molecular weight excluding hydrogens is 342 g/mol. The largest absolute Gasteiger partial charge is 0.357 e. The number of hydrogen-bond acceptors (Lipinski definition) is 3. The predicted molar refractivity (Wildman–Crippen MR) is 108 cm³/mol. The van der Waals surface area contributed by atoms with Gasteiger partial charge in [-0.2, -0.15) is 0 Å². The minimum Gasteiger partial charge on any atom is -0.357 e. The number of rotatable bonds is 7. The molecule has 0 aliphatic rings. The van der Waals surface area contributed by atoms with Crippen molar-refractivity contribution in [2.45, 2.75) is 33.5 Å². The average Bonchev–Trinajstić information content (AvgIpc) is 3.27. The number of aliphatic imine (C=N–C) groups is 1. The van der Waals surface area contributed by atoms with Crippen molar-refractivity contribution in [3.05, 3.63) is 76.0 Å². The number of nitrogens with zero attached hydrogens (tertiary/aromatic N) is 3. The number of thiophene rings is 1. The SMILES string of the molecule is CCNC(=NCc1nccn1Cc1ccccc1)NCc1ccc(C)s1. The Bertz CT molecular complexity index is 835. The molecule has 2 N–H and O–H groups in total. The maximum absolute atomic E-state index is 4.70. The van der Waals surface area contributed by atoms with Gasteiger partial charge < -0.3 is 15.2 Å². The molecule has 136 valence electrons. The van der Waals surface area contributed by atoms with Crippen LogP contribution in [0.25, 0.3) is 0 Å². The standard InChI is InChI=1S/C20H25N5S/c1-3-21-20(23-13-18-10-9-16(2)26-18)24-14-19-22-11-12-25(19)15-17-7-5-4-6-8-17/h4-12H,3,13-15H2,1-2H3,(H2,21,23,24). The third-order valence-electron chi connectivity index (χ3n) is 3.95. The topological polar surface area (TPSA) is 54.2 Å². The van der Waals surface area contributed by atoms with Crippen molar-refractivity contribution in [3.63, 3.8) is 0 Å². The molecule has 3 rings (SSSR count). The van der Waals surface area contributed by atoms with Crippen LogP contribution in [-0.4, -0.2) is 22.1 Å². The molecule has 3 aromatic rings. The Kier molecular flexibility index (Phi) is 6.44.